The van der Waals surface area contributed by atoms with Crippen LogP contribution in [0, 0.1) is 6.92 Å². The average molecular weight is 352 g/mol. The molecule has 0 unspecified atom stereocenters. The fraction of sp³-hybridized carbons (Fsp3) is 0.409. The normalized spacial score (nSPS) is 14.2. The number of methoxy groups -OCH3 is 1. The summed E-state index contributed by atoms with van der Waals surface area (Å²) in [6.45, 7) is 4.86. The van der Waals surface area contributed by atoms with Gasteiger partial charge >= 0.3 is 0 Å². The highest BCUT2D eigenvalue weighted by atomic mass is 16.5. The molecule has 3 rings (SSSR count). The number of ether oxygens (including phenoxy) is 1. The van der Waals surface area contributed by atoms with E-state index in [0.29, 0.717) is 12.1 Å². The van der Waals surface area contributed by atoms with Gasteiger partial charge in [0.15, 0.2) is 0 Å². The van der Waals surface area contributed by atoms with Crippen molar-refractivity contribution in [3.63, 3.8) is 0 Å². The van der Waals surface area contributed by atoms with Crippen molar-refractivity contribution in [2.75, 3.05) is 32.1 Å². The van der Waals surface area contributed by atoms with E-state index in [9.17, 15) is 4.79 Å². The molecule has 1 aliphatic heterocycles. The molecular formula is C22H28N2O2. The molecule has 4 nitrogen and oxygen atoms in total. The Morgan fingerprint density at radius 1 is 1.08 bits per heavy atom. The zero-order valence-electron chi connectivity index (χ0n) is 16.0. The minimum absolute atomic E-state index is 0.00315. The van der Waals surface area contributed by atoms with Gasteiger partial charge in [0, 0.05) is 37.9 Å². The van der Waals surface area contributed by atoms with Crippen molar-refractivity contribution < 1.29 is 9.53 Å². The largest absolute Gasteiger partial charge is 0.496 e. The summed E-state index contributed by atoms with van der Waals surface area (Å²) in [5, 5.41) is 0. The number of carbonyl (C=O) groups excluding carboxylic acids is 1. The number of aryl methyl sites for hydroxylation is 1. The zero-order chi connectivity index (χ0) is 18.5. The van der Waals surface area contributed by atoms with Crippen LogP contribution in [0.25, 0.3) is 0 Å². The van der Waals surface area contributed by atoms with Gasteiger partial charge < -0.3 is 14.5 Å². The van der Waals surface area contributed by atoms with Crippen LogP contribution in [0.5, 0.6) is 5.75 Å². The molecule has 4 heteroatoms. The molecule has 0 bridgehead atoms. The number of amides is 1. The van der Waals surface area contributed by atoms with Crippen molar-refractivity contribution >= 4 is 11.6 Å². The van der Waals surface area contributed by atoms with Crippen LogP contribution in [0.2, 0.25) is 0 Å². The lowest BCUT2D eigenvalue weighted by atomic mass is 10.1. The molecule has 0 aromatic heterocycles. The first kappa shape index (κ1) is 18.3. The van der Waals surface area contributed by atoms with Crippen LogP contribution >= 0.6 is 0 Å². The molecule has 0 saturated carbocycles. The van der Waals surface area contributed by atoms with Crippen LogP contribution in [0.4, 0.5) is 5.69 Å². The molecule has 1 saturated heterocycles. The highest BCUT2D eigenvalue weighted by Gasteiger charge is 2.15. The lowest BCUT2D eigenvalue weighted by Gasteiger charge is -2.29. The van der Waals surface area contributed by atoms with Gasteiger partial charge in [-0.3, -0.25) is 4.79 Å². The highest BCUT2D eigenvalue weighted by molar-refractivity contribution is 5.94. The first-order valence-electron chi connectivity index (χ1n) is 9.32. The number of rotatable bonds is 5. The van der Waals surface area contributed by atoms with Crippen LogP contribution in [0.3, 0.4) is 0 Å². The van der Waals surface area contributed by atoms with Crippen molar-refractivity contribution in [1.82, 2.24) is 4.90 Å². The van der Waals surface area contributed by atoms with Gasteiger partial charge in [-0.1, -0.05) is 18.2 Å². The SMILES string of the molecule is COc1cc(C(=O)N(C)Cc2ccc(N3CCCCC3)cc2)ccc1C. The standard InChI is InChI=1S/C22H28N2O2/c1-17-7-10-19(15-21(17)26-3)22(25)23(2)16-18-8-11-20(12-9-18)24-13-5-4-6-14-24/h7-12,15H,4-6,13-14,16H2,1-3H3. The summed E-state index contributed by atoms with van der Waals surface area (Å²) < 4.78 is 5.33. The van der Waals surface area contributed by atoms with Gasteiger partial charge in [-0.25, -0.2) is 0 Å². The molecular weight excluding hydrogens is 324 g/mol. The second kappa shape index (κ2) is 8.26. The summed E-state index contributed by atoms with van der Waals surface area (Å²) in [6.07, 6.45) is 3.89. The number of hydrogen-bond donors (Lipinski definition) is 0. The second-order valence-corrected chi connectivity index (χ2v) is 7.06. The van der Waals surface area contributed by atoms with Crippen LogP contribution in [-0.4, -0.2) is 38.1 Å². The maximum atomic E-state index is 12.7. The molecule has 1 aliphatic rings. The molecule has 1 amide bonds. The Hall–Kier alpha value is -2.49. The van der Waals surface area contributed by atoms with Crippen molar-refractivity contribution in [2.45, 2.75) is 32.7 Å². The molecule has 138 valence electrons. The molecule has 1 heterocycles. The molecule has 0 atom stereocenters. The monoisotopic (exact) mass is 352 g/mol. The maximum absolute atomic E-state index is 12.7. The van der Waals surface area contributed by atoms with Crippen LogP contribution < -0.4 is 9.64 Å². The molecule has 0 spiro atoms. The van der Waals surface area contributed by atoms with Gasteiger partial charge in [0.25, 0.3) is 5.91 Å². The predicted molar refractivity (Wildman–Crippen MR) is 106 cm³/mol. The van der Waals surface area contributed by atoms with Gasteiger partial charge in [0.1, 0.15) is 5.75 Å². The van der Waals surface area contributed by atoms with E-state index in [0.717, 1.165) is 30.0 Å². The van der Waals surface area contributed by atoms with Crippen LogP contribution in [-0.2, 0) is 6.54 Å². The van der Waals surface area contributed by atoms with Gasteiger partial charge in [-0.2, -0.15) is 0 Å². The highest BCUT2D eigenvalue weighted by Crippen LogP contribution is 2.22. The molecule has 2 aromatic carbocycles. The van der Waals surface area contributed by atoms with E-state index in [1.807, 2.05) is 32.2 Å². The predicted octanol–water partition coefficient (Wildman–Crippen LogP) is 4.27. The average Bonchev–Trinajstić information content (AvgIpc) is 2.69. The Labute approximate surface area is 156 Å². The molecule has 0 N–H and O–H groups in total. The van der Waals surface area contributed by atoms with Crippen molar-refractivity contribution in [3.05, 3.63) is 59.2 Å². The second-order valence-electron chi connectivity index (χ2n) is 7.06. The summed E-state index contributed by atoms with van der Waals surface area (Å²) in [5.41, 5.74) is 4.10. The molecule has 1 fully saturated rings. The van der Waals surface area contributed by atoms with Gasteiger partial charge in [0.2, 0.25) is 0 Å². The number of piperidine rings is 1. The smallest absolute Gasteiger partial charge is 0.254 e. The van der Waals surface area contributed by atoms with E-state index < -0.39 is 0 Å². The van der Waals surface area contributed by atoms with E-state index >= 15 is 0 Å². The zero-order valence-corrected chi connectivity index (χ0v) is 16.0. The van der Waals surface area contributed by atoms with E-state index in [2.05, 4.69) is 29.2 Å². The number of anilines is 1. The Kier molecular flexibility index (Phi) is 5.82. The fourth-order valence-corrected chi connectivity index (χ4v) is 3.48. The molecule has 0 aliphatic carbocycles. The molecule has 26 heavy (non-hydrogen) atoms. The molecule has 2 aromatic rings. The fourth-order valence-electron chi connectivity index (χ4n) is 3.48. The summed E-state index contributed by atoms with van der Waals surface area (Å²) in [5.74, 6) is 0.749. The number of nitrogens with zero attached hydrogens (tertiary/aromatic N) is 2. The van der Waals surface area contributed by atoms with Crippen LogP contribution in [0.1, 0.15) is 40.7 Å². The third-order valence-electron chi connectivity index (χ3n) is 5.08. The minimum atomic E-state index is 0.00315. The number of benzene rings is 2. The van der Waals surface area contributed by atoms with Crippen molar-refractivity contribution in [1.29, 1.82) is 0 Å². The third kappa shape index (κ3) is 4.18. The van der Waals surface area contributed by atoms with Crippen molar-refractivity contribution in [3.8, 4) is 5.75 Å². The van der Waals surface area contributed by atoms with Gasteiger partial charge in [-0.05, 0) is 61.6 Å². The number of carbonyl (C=O) groups is 1. The van der Waals surface area contributed by atoms with E-state index in [1.165, 1.54) is 24.9 Å². The van der Waals surface area contributed by atoms with Gasteiger partial charge in [0.05, 0.1) is 7.11 Å². The summed E-state index contributed by atoms with van der Waals surface area (Å²) in [6, 6.07) is 14.2. The first-order valence-corrected chi connectivity index (χ1v) is 9.32. The topological polar surface area (TPSA) is 32.8 Å². The Morgan fingerprint density at radius 3 is 2.42 bits per heavy atom. The lowest BCUT2D eigenvalue weighted by Crippen LogP contribution is -2.29. The minimum Gasteiger partial charge on any atom is -0.496 e. The summed E-state index contributed by atoms with van der Waals surface area (Å²) in [7, 11) is 3.47. The van der Waals surface area contributed by atoms with E-state index in [1.54, 1.807) is 12.0 Å². The first-order chi connectivity index (χ1) is 12.6. The molecule has 0 radical (unpaired) electrons. The summed E-state index contributed by atoms with van der Waals surface area (Å²) in [4.78, 5) is 16.9. The van der Waals surface area contributed by atoms with Crippen LogP contribution in [0.15, 0.2) is 42.5 Å². The Bertz CT molecular complexity index is 749. The Morgan fingerprint density at radius 2 is 1.77 bits per heavy atom. The quantitative estimate of drug-likeness (QED) is 0.806. The van der Waals surface area contributed by atoms with Gasteiger partial charge in [-0.15, -0.1) is 0 Å². The maximum Gasteiger partial charge on any atom is 0.254 e. The summed E-state index contributed by atoms with van der Waals surface area (Å²) >= 11 is 0. The van der Waals surface area contributed by atoms with Crippen molar-refractivity contribution in [2.24, 2.45) is 0 Å². The van der Waals surface area contributed by atoms with E-state index in [4.69, 9.17) is 4.74 Å². The lowest BCUT2D eigenvalue weighted by molar-refractivity contribution is 0.0784. The third-order valence-corrected chi connectivity index (χ3v) is 5.08. The number of hydrogen-bond acceptors (Lipinski definition) is 3. The Balaban J connectivity index is 1.65. The van der Waals surface area contributed by atoms with E-state index in [-0.39, 0.29) is 5.91 Å².